The van der Waals surface area contributed by atoms with Crippen LogP contribution < -0.4 is 4.74 Å². The van der Waals surface area contributed by atoms with Gasteiger partial charge in [0.1, 0.15) is 5.75 Å². The predicted octanol–water partition coefficient (Wildman–Crippen LogP) is 1.36. The third-order valence-corrected chi connectivity index (χ3v) is 5.55. The van der Waals surface area contributed by atoms with Crippen LogP contribution in [0.5, 0.6) is 5.75 Å². The highest BCUT2D eigenvalue weighted by atomic mass is 32.2. The lowest BCUT2D eigenvalue weighted by Gasteiger charge is -2.33. The van der Waals surface area contributed by atoms with Gasteiger partial charge in [-0.2, -0.15) is 4.31 Å². The van der Waals surface area contributed by atoms with Crippen LogP contribution in [0.25, 0.3) is 0 Å². The number of sulfonamides is 1. The molecule has 1 heterocycles. The molecular formula is C14H21FN2O3S. The second kappa shape index (κ2) is 7.20. The Kier molecular flexibility index (Phi) is 5.55. The monoisotopic (exact) mass is 316 g/mol. The Hall–Kier alpha value is -1.18. The molecule has 0 radical (unpaired) electrons. The maximum Gasteiger partial charge on any atom is 0.243 e. The SMILES string of the molecule is COc1ccc(S(=O)(=O)N2CCN(CCCF)CC2)cc1. The van der Waals surface area contributed by atoms with Gasteiger partial charge in [0.15, 0.2) is 0 Å². The average Bonchev–Trinajstić information content (AvgIpc) is 2.53. The molecule has 0 unspecified atom stereocenters. The zero-order valence-electron chi connectivity index (χ0n) is 12.2. The van der Waals surface area contributed by atoms with Crippen molar-refractivity contribution in [3.63, 3.8) is 0 Å². The first-order chi connectivity index (χ1) is 10.1. The number of piperazine rings is 1. The Morgan fingerprint density at radius 3 is 2.29 bits per heavy atom. The molecule has 1 fully saturated rings. The van der Waals surface area contributed by atoms with Crippen molar-refractivity contribution >= 4 is 10.0 Å². The number of hydrogen-bond donors (Lipinski definition) is 0. The van der Waals surface area contributed by atoms with Crippen LogP contribution >= 0.6 is 0 Å². The molecule has 7 heteroatoms. The summed E-state index contributed by atoms with van der Waals surface area (Å²) in [5.74, 6) is 0.630. The van der Waals surface area contributed by atoms with Crippen LogP contribution in [-0.2, 0) is 10.0 Å². The van der Waals surface area contributed by atoms with Gasteiger partial charge in [-0.05, 0) is 30.7 Å². The van der Waals surface area contributed by atoms with E-state index in [1.165, 1.54) is 4.31 Å². The zero-order chi connectivity index (χ0) is 15.3. The molecule has 118 valence electrons. The maximum atomic E-state index is 12.5. The number of hydrogen-bond acceptors (Lipinski definition) is 4. The normalized spacial score (nSPS) is 17.8. The number of ether oxygens (including phenoxy) is 1. The van der Waals surface area contributed by atoms with Gasteiger partial charge in [0.2, 0.25) is 10.0 Å². The number of benzene rings is 1. The Morgan fingerprint density at radius 2 is 1.76 bits per heavy atom. The standard InChI is InChI=1S/C14H21FN2O3S/c1-20-13-3-5-14(6-4-13)21(18,19)17-11-9-16(10-12-17)8-2-7-15/h3-6H,2,7-12H2,1H3. The maximum absolute atomic E-state index is 12.5. The molecule has 1 saturated heterocycles. The van der Waals surface area contributed by atoms with E-state index in [0.29, 0.717) is 44.9 Å². The smallest absolute Gasteiger partial charge is 0.243 e. The molecule has 0 bridgehead atoms. The molecule has 0 N–H and O–H groups in total. The fourth-order valence-electron chi connectivity index (χ4n) is 2.37. The highest BCUT2D eigenvalue weighted by molar-refractivity contribution is 7.89. The Balaban J connectivity index is 2.00. The summed E-state index contributed by atoms with van der Waals surface area (Å²) in [6.45, 7) is 2.54. The van der Waals surface area contributed by atoms with E-state index in [-0.39, 0.29) is 11.6 Å². The largest absolute Gasteiger partial charge is 0.497 e. The minimum atomic E-state index is -3.45. The van der Waals surface area contributed by atoms with Gasteiger partial charge in [-0.1, -0.05) is 0 Å². The second-order valence-electron chi connectivity index (χ2n) is 4.96. The Bertz CT molecular complexity index is 540. The molecule has 0 aliphatic carbocycles. The van der Waals surface area contributed by atoms with Crippen molar-refractivity contribution in [1.82, 2.24) is 9.21 Å². The lowest BCUT2D eigenvalue weighted by Crippen LogP contribution is -2.48. The number of rotatable bonds is 6. The summed E-state index contributed by atoms with van der Waals surface area (Å²) in [5.41, 5.74) is 0. The fraction of sp³-hybridized carbons (Fsp3) is 0.571. The van der Waals surface area contributed by atoms with Crippen molar-refractivity contribution in [2.45, 2.75) is 11.3 Å². The topological polar surface area (TPSA) is 49.9 Å². The zero-order valence-corrected chi connectivity index (χ0v) is 13.0. The van der Waals surface area contributed by atoms with E-state index in [9.17, 15) is 12.8 Å². The number of nitrogens with zero attached hydrogens (tertiary/aromatic N) is 2. The summed E-state index contributed by atoms with van der Waals surface area (Å²) < 4.78 is 43.7. The van der Waals surface area contributed by atoms with Crippen molar-refractivity contribution in [2.24, 2.45) is 0 Å². The van der Waals surface area contributed by atoms with E-state index in [4.69, 9.17) is 4.74 Å². The average molecular weight is 316 g/mol. The van der Waals surface area contributed by atoms with Gasteiger partial charge in [-0.25, -0.2) is 8.42 Å². The van der Waals surface area contributed by atoms with Gasteiger partial charge < -0.3 is 9.64 Å². The molecule has 0 saturated carbocycles. The van der Waals surface area contributed by atoms with Gasteiger partial charge in [-0.15, -0.1) is 0 Å². The summed E-state index contributed by atoms with van der Waals surface area (Å²) in [6.07, 6.45) is 0.505. The van der Waals surface area contributed by atoms with Gasteiger partial charge in [0.05, 0.1) is 18.7 Å². The number of alkyl halides is 1. The molecule has 21 heavy (non-hydrogen) atoms. The van der Waals surface area contributed by atoms with Crippen LogP contribution in [0.1, 0.15) is 6.42 Å². The molecule has 2 rings (SSSR count). The molecule has 5 nitrogen and oxygen atoms in total. The van der Waals surface area contributed by atoms with Gasteiger partial charge in [0, 0.05) is 32.7 Å². The lowest BCUT2D eigenvalue weighted by molar-refractivity contribution is 0.182. The highest BCUT2D eigenvalue weighted by Gasteiger charge is 2.28. The number of halogens is 1. The molecular weight excluding hydrogens is 295 g/mol. The summed E-state index contributed by atoms with van der Waals surface area (Å²) in [5, 5.41) is 0. The fourth-order valence-corrected chi connectivity index (χ4v) is 3.80. The van der Waals surface area contributed by atoms with Crippen LogP contribution in [0.15, 0.2) is 29.2 Å². The van der Waals surface area contributed by atoms with Gasteiger partial charge in [0.25, 0.3) is 0 Å². The van der Waals surface area contributed by atoms with Gasteiger partial charge >= 0.3 is 0 Å². The highest BCUT2D eigenvalue weighted by Crippen LogP contribution is 2.20. The van der Waals surface area contributed by atoms with Gasteiger partial charge in [-0.3, -0.25) is 4.39 Å². The molecule has 1 aliphatic rings. The minimum Gasteiger partial charge on any atom is -0.497 e. The van der Waals surface area contributed by atoms with Crippen molar-refractivity contribution in [1.29, 1.82) is 0 Å². The quantitative estimate of drug-likeness (QED) is 0.795. The molecule has 1 aromatic rings. The van der Waals surface area contributed by atoms with E-state index in [1.807, 2.05) is 0 Å². The summed E-state index contributed by atoms with van der Waals surface area (Å²) in [7, 11) is -1.91. The van der Waals surface area contributed by atoms with Crippen LogP contribution in [0.4, 0.5) is 4.39 Å². The van der Waals surface area contributed by atoms with Crippen molar-refractivity contribution in [3.8, 4) is 5.75 Å². The van der Waals surface area contributed by atoms with E-state index in [1.54, 1.807) is 31.4 Å². The first kappa shape index (κ1) is 16.2. The van der Waals surface area contributed by atoms with Crippen LogP contribution in [0.2, 0.25) is 0 Å². The van der Waals surface area contributed by atoms with Crippen LogP contribution in [0.3, 0.4) is 0 Å². The Morgan fingerprint density at radius 1 is 1.14 bits per heavy atom. The minimum absolute atomic E-state index is 0.278. The number of methoxy groups -OCH3 is 1. The second-order valence-corrected chi connectivity index (χ2v) is 6.90. The molecule has 0 spiro atoms. The Labute approximate surface area is 125 Å². The molecule has 1 aromatic carbocycles. The van der Waals surface area contributed by atoms with Crippen molar-refractivity contribution in [3.05, 3.63) is 24.3 Å². The third kappa shape index (κ3) is 3.93. The van der Waals surface area contributed by atoms with E-state index in [0.717, 1.165) is 0 Å². The van der Waals surface area contributed by atoms with Crippen LogP contribution in [0, 0.1) is 0 Å². The first-order valence-electron chi connectivity index (χ1n) is 7.00. The summed E-state index contributed by atoms with van der Waals surface area (Å²) in [4.78, 5) is 2.38. The third-order valence-electron chi connectivity index (χ3n) is 3.64. The molecule has 0 atom stereocenters. The van der Waals surface area contributed by atoms with E-state index < -0.39 is 10.0 Å². The summed E-state index contributed by atoms with van der Waals surface area (Å²) in [6, 6.07) is 6.40. The van der Waals surface area contributed by atoms with Crippen molar-refractivity contribution < 1.29 is 17.5 Å². The van der Waals surface area contributed by atoms with Crippen LogP contribution in [-0.4, -0.2) is 64.1 Å². The van der Waals surface area contributed by atoms with E-state index in [2.05, 4.69) is 4.90 Å². The molecule has 0 aromatic heterocycles. The van der Waals surface area contributed by atoms with Crippen molar-refractivity contribution in [2.75, 3.05) is 46.5 Å². The summed E-state index contributed by atoms with van der Waals surface area (Å²) >= 11 is 0. The predicted molar refractivity (Wildman–Crippen MR) is 78.8 cm³/mol. The molecule has 1 aliphatic heterocycles. The lowest BCUT2D eigenvalue weighted by atomic mass is 10.3. The molecule has 0 amide bonds. The van der Waals surface area contributed by atoms with E-state index >= 15 is 0 Å². The first-order valence-corrected chi connectivity index (χ1v) is 8.44.